The first-order valence-corrected chi connectivity index (χ1v) is 7.17. The number of hydrogen-bond donors (Lipinski definition) is 3. The molecule has 0 aliphatic rings. The fraction of sp³-hybridized carbons (Fsp3) is 0. The average molecular weight is 347 g/mol. The van der Waals surface area contributed by atoms with Crippen LogP contribution in [0.1, 0.15) is 0 Å². The molecule has 0 amide bonds. The standard InChI is InChI=1S/C14H11BrN4S/c15-9-1-3-10(4-2-9)18-14(20)19-11-5-6-12-13(7-11)17-8-16-12/h1-8H,(H,16,17)(H2,18,19,20). The number of thiocarbonyl (C=S) groups is 1. The van der Waals surface area contributed by atoms with Crippen molar-refractivity contribution in [2.45, 2.75) is 0 Å². The van der Waals surface area contributed by atoms with E-state index < -0.39 is 0 Å². The molecule has 0 fully saturated rings. The zero-order valence-electron chi connectivity index (χ0n) is 10.4. The van der Waals surface area contributed by atoms with Crippen molar-refractivity contribution in [1.82, 2.24) is 9.97 Å². The Hall–Kier alpha value is -1.92. The van der Waals surface area contributed by atoms with E-state index in [-0.39, 0.29) is 0 Å². The number of hydrogen-bond acceptors (Lipinski definition) is 2. The Labute approximate surface area is 129 Å². The Morgan fingerprint density at radius 3 is 2.55 bits per heavy atom. The molecule has 6 heteroatoms. The molecule has 0 saturated carbocycles. The summed E-state index contributed by atoms with van der Waals surface area (Å²) in [6.07, 6.45) is 1.67. The summed E-state index contributed by atoms with van der Waals surface area (Å²) in [5.74, 6) is 0. The molecule has 0 aliphatic heterocycles. The van der Waals surface area contributed by atoms with Gasteiger partial charge in [-0.3, -0.25) is 0 Å². The number of H-pyrrole nitrogens is 1. The van der Waals surface area contributed by atoms with Gasteiger partial charge in [0.05, 0.1) is 17.4 Å². The number of halogens is 1. The van der Waals surface area contributed by atoms with Crippen molar-refractivity contribution >= 4 is 55.7 Å². The van der Waals surface area contributed by atoms with E-state index in [4.69, 9.17) is 12.2 Å². The van der Waals surface area contributed by atoms with Crippen LogP contribution in [0.4, 0.5) is 11.4 Å². The molecular formula is C14H11BrN4S. The van der Waals surface area contributed by atoms with Gasteiger partial charge >= 0.3 is 0 Å². The quantitative estimate of drug-likeness (QED) is 0.610. The molecule has 4 nitrogen and oxygen atoms in total. The summed E-state index contributed by atoms with van der Waals surface area (Å²) in [6.45, 7) is 0. The van der Waals surface area contributed by atoms with E-state index in [1.165, 1.54) is 0 Å². The van der Waals surface area contributed by atoms with E-state index in [0.29, 0.717) is 5.11 Å². The van der Waals surface area contributed by atoms with Crippen LogP contribution in [0.5, 0.6) is 0 Å². The first-order chi connectivity index (χ1) is 9.70. The smallest absolute Gasteiger partial charge is 0.175 e. The maximum atomic E-state index is 5.29. The zero-order chi connectivity index (χ0) is 13.9. The highest BCUT2D eigenvalue weighted by molar-refractivity contribution is 9.10. The molecule has 0 bridgehead atoms. The number of nitrogens with zero attached hydrogens (tertiary/aromatic N) is 1. The molecule has 0 saturated heterocycles. The van der Waals surface area contributed by atoms with Gasteiger partial charge in [-0.15, -0.1) is 0 Å². The van der Waals surface area contributed by atoms with Crippen LogP contribution >= 0.6 is 28.1 Å². The van der Waals surface area contributed by atoms with Gasteiger partial charge in [-0.05, 0) is 54.7 Å². The van der Waals surface area contributed by atoms with Crippen molar-refractivity contribution in [2.24, 2.45) is 0 Å². The minimum Gasteiger partial charge on any atom is -0.345 e. The van der Waals surface area contributed by atoms with E-state index in [1.54, 1.807) is 6.33 Å². The maximum Gasteiger partial charge on any atom is 0.175 e. The van der Waals surface area contributed by atoms with Crippen molar-refractivity contribution < 1.29 is 0 Å². The monoisotopic (exact) mass is 346 g/mol. The fourth-order valence-corrected chi connectivity index (χ4v) is 2.34. The molecule has 2 aromatic carbocycles. The summed E-state index contributed by atoms with van der Waals surface area (Å²) in [6, 6.07) is 13.7. The van der Waals surface area contributed by atoms with E-state index in [1.807, 2.05) is 42.5 Å². The second-order valence-corrected chi connectivity index (χ2v) is 5.54. The van der Waals surface area contributed by atoms with Gasteiger partial charge in [0.2, 0.25) is 0 Å². The van der Waals surface area contributed by atoms with Crippen LogP contribution in [0.2, 0.25) is 0 Å². The van der Waals surface area contributed by atoms with Gasteiger partial charge in [0, 0.05) is 15.8 Å². The molecule has 0 atom stereocenters. The molecule has 1 heterocycles. The molecule has 0 spiro atoms. The highest BCUT2D eigenvalue weighted by Crippen LogP contribution is 2.17. The number of aromatic nitrogens is 2. The minimum atomic E-state index is 0.547. The van der Waals surface area contributed by atoms with Gasteiger partial charge in [0.25, 0.3) is 0 Å². The van der Waals surface area contributed by atoms with Crippen molar-refractivity contribution in [2.75, 3.05) is 10.6 Å². The SMILES string of the molecule is S=C(Nc1ccc(Br)cc1)Nc1ccc2nc[nH]c2c1. The average Bonchev–Trinajstić information content (AvgIpc) is 2.89. The second-order valence-electron chi connectivity index (χ2n) is 4.22. The van der Waals surface area contributed by atoms with E-state index in [0.717, 1.165) is 26.9 Å². The first-order valence-electron chi connectivity index (χ1n) is 5.97. The summed E-state index contributed by atoms with van der Waals surface area (Å²) in [5.41, 5.74) is 3.76. The molecule has 1 aromatic heterocycles. The summed E-state index contributed by atoms with van der Waals surface area (Å²) >= 11 is 8.69. The third-order valence-electron chi connectivity index (χ3n) is 2.78. The van der Waals surface area contributed by atoms with Crippen molar-refractivity contribution in [3.05, 3.63) is 53.3 Å². The Morgan fingerprint density at radius 1 is 1.05 bits per heavy atom. The van der Waals surface area contributed by atoms with Crippen molar-refractivity contribution in [1.29, 1.82) is 0 Å². The normalized spacial score (nSPS) is 10.4. The zero-order valence-corrected chi connectivity index (χ0v) is 12.8. The van der Waals surface area contributed by atoms with E-state index in [2.05, 4.69) is 36.5 Å². The molecule has 0 radical (unpaired) electrons. The van der Waals surface area contributed by atoms with Crippen molar-refractivity contribution in [3.63, 3.8) is 0 Å². The lowest BCUT2D eigenvalue weighted by Crippen LogP contribution is -2.18. The van der Waals surface area contributed by atoms with Crippen LogP contribution in [-0.2, 0) is 0 Å². The van der Waals surface area contributed by atoms with Crippen molar-refractivity contribution in [3.8, 4) is 0 Å². The number of anilines is 2. The lowest BCUT2D eigenvalue weighted by Gasteiger charge is -2.10. The molecule has 3 aromatic rings. The van der Waals surface area contributed by atoms with Crippen LogP contribution < -0.4 is 10.6 Å². The van der Waals surface area contributed by atoms with Crippen LogP contribution in [0.15, 0.2) is 53.3 Å². The predicted octanol–water partition coefficient (Wildman–Crippen LogP) is 4.13. The van der Waals surface area contributed by atoms with Crippen LogP contribution in [0, 0.1) is 0 Å². The lowest BCUT2D eigenvalue weighted by molar-refractivity contribution is 1.34. The number of rotatable bonds is 2. The highest BCUT2D eigenvalue weighted by Gasteiger charge is 2.01. The van der Waals surface area contributed by atoms with Gasteiger partial charge in [-0.2, -0.15) is 0 Å². The van der Waals surface area contributed by atoms with E-state index in [9.17, 15) is 0 Å². The van der Waals surface area contributed by atoms with Crippen LogP contribution in [0.25, 0.3) is 11.0 Å². The molecular weight excluding hydrogens is 336 g/mol. The summed E-state index contributed by atoms with van der Waals surface area (Å²) < 4.78 is 1.03. The molecule has 3 N–H and O–H groups in total. The number of imidazole rings is 1. The Balaban J connectivity index is 1.70. The largest absolute Gasteiger partial charge is 0.345 e. The number of aromatic amines is 1. The minimum absolute atomic E-state index is 0.547. The third-order valence-corrected chi connectivity index (χ3v) is 3.51. The summed E-state index contributed by atoms with van der Waals surface area (Å²) in [5, 5.41) is 6.83. The van der Waals surface area contributed by atoms with Gasteiger partial charge in [0.1, 0.15) is 0 Å². The summed E-state index contributed by atoms with van der Waals surface area (Å²) in [7, 11) is 0. The second kappa shape index (κ2) is 5.60. The maximum absolute atomic E-state index is 5.29. The molecule has 0 unspecified atom stereocenters. The predicted molar refractivity (Wildman–Crippen MR) is 90.1 cm³/mol. The first kappa shape index (κ1) is 13.1. The lowest BCUT2D eigenvalue weighted by atomic mass is 10.3. The third kappa shape index (κ3) is 2.97. The number of benzene rings is 2. The summed E-state index contributed by atoms with van der Waals surface area (Å²) in [4.78, 5) is 7.25. The molecule has 100 valence electrons. The topological polar surface area (TPSA) is 52.7 Å². The van der Waals surface area contributed by atoms with Crippen LogP contribution in [-0.4, -0.2) is 15.1 Å². The fourth-order valence-electron chi connectivity index (χ4n) is 1.84. The van der Waals surface area contributed by atoms with Gasteiger partial charge in [-0.1, -0.05) is 15.9 Å². The molecule has 0 aliphatic carbocycles. The van der Waals surface area contributed by atoms with Crippen LogP contribution in [0.3, 0.4) is 0 Å². The molecule has 3 rings (SSSR count). The van der Waals surface area contributed by atoms with E-state index >= 15 is 0 Å². The number of fused-ring (bicyclic) bond motifs is 1. The Morgan fingerprint density at radius 2 is 1.75 bits per heavy atom. The highest BCUT2D eigenvalue weighted by atomic mass is 79.9. The van der Waals surface area contributed by atoms with Gasteiger partial charge in [-0.25, -0.2) is 4.98 Å². The number of nitrogens with one attached hydrogen (secondary N) is 3. The van der Waals surface area contributed by atoms with Gasteiger partial charge in [0.15, 0.2) is 5.11 Å². The Bertz CT molecular complexity index is 751. The molecule has 20 heavy (non-hydrogen) atoms. The Kier molecular flexibility index (Phi) is 3.66. The van der Waals surface area contributed by atoms with Gasteiger partial charge < -0.3 is 15.6 Å².